The van der Waals surface area contributed by atoms with E-state index in [0.717, 1.165) is 19.6 Å². The smallest absolute Gasteiger partial charge is 0.112 e. The fourth-order valence-corrected chi connectivity index (χ4v) is 2.97. The Morgan fingerprint density at radius 1 is 1.43 bits per heavy atom. The zero-order valence-corrected chi connectivity index (χ0v) is 9.64. The largest absolute Gasteiger partial charge is 0.364 e. The fourth-order valence-electron chi connectivity index (χ4n) is 2.19. The van der Waals surface area contributed by atoms with Gasteiger partial charge in [0, 0.05) is 0 Å². The third-order valence-corrected chi connectivity index (χ3v) is 3.50. The summed E-state index contributed by atoms with van der Waals surface area (Å²) in [6.45, 7) is 7.79. The lowest BCUT2D eigenvalue weighted by molar-refractivity contribution is -0.928. The van der Waals surface area contributed by atoms with Gasteiger partial charge in [-0.25, -0.2) is 0 Å². The van der Waals surface area contributed by atoms with Crippen LogP contribution in [0.1, 0.15) is 18.7 Å². The van der Waals surface area contributed by atoms with Crippen LogP contribution in [-0.2, 0) is 11.3 Å². The van der Waals surface area contributed by atoms with Gasteiger partial charge in [-0.2, -0.15) is 0 Å². The molecule has 0 bridgehead atoms. The highest BCUT2D eigenvalue weighted by Crippen LogP contribution is 2.07. The van der Waals surface area contributed by atoms with Gasteiger partial charge < -0.3 is 9.64 Å². The summed E-state index contributed by atoms with van der Waals surface area (Å²) in [5, 5.41) is 2.15. The lowest BCUT2D eigenvalue weighted by atomic mass is 10.2. The topological polar surface area (TPSA) is 13.7 Å². The molecule has 0 aliphatic carbocycles. The van der Waals surface area contributed by atoms with E-state index in [1.807, 2.05) is 11.3 Å². The Labute approximate surface area is 89.5 Å². The number of ether oxygens (including phenoxy) is 1. The van der Waals surface area contributed by atoms with E-state index in [1.165, 1.54) is 4.88 Å². The lowest BCUT2D eigenvalue weighted by Gasteiger charge is -2.32. The average molecular weight is 212 g/mol. The summed E-state index contributed by atoms with van der Waals surface area (Å²) in [4.78, 5) is 3.14. The first-order valence-electron chi connectivity index (χ1n) is 5.25. The Kier molecular flexibility index (Phi) is 3.21. The first kappa shape index (κ1) is 10.1. The molecule has 1 N–H and O–H groups in total. The third kappa shape index (κ3) is 2.56. The summed E-state index contributed by atoms with van der Waals surface area (Å²) in [6.07, 6.45) is 0.822. The molecule has 1 saturated heterocycles. The number of hydrogen-bond acceptors (Lipinski definition) is 2. The summed E-state index contributed by atoms with van der Waals surface area (Å²) >= 11 is 1.86. The molecule has 78 valence electrons. The number of quaternary nitrogens is 1. The number of morpholine rings is 1. The SMILES string of the molecule is C[C@H]1C[NH+](Cc2cccs2)C[C@H](C)O1. The van der Waals surface area contributed by atoms with Gasteiger partial charge in [0.2, 0.25) is 0 Å². The molecule has 1 aromatic heterocycles. The highest BCUT2D eigenvalue weighted by atomic mass is 32.1. The molecule has 1 aromatic rings. The second-order valence-electron chi connectivity index (χ2n) is 4.17. The van der Waals surface area contributed by atoms with Crippen molar-refractivity contribution in [2.75, 3.05) is 13.1 Å². The molecule has 14 heavy (non-hydrogen) atoms. The number of nitrogens with one attached hydrogen (secondary N) is 1. The fraction of sp³-hybridized carbons (Fsp3) is 0.636. The molecule has 1 aliphatic rings. The van der Waals surface area contributed by atoms with Crippen molar-refractivity contribution in [1.82, 2.24) is 0 Å². The van der Waals surface area contributed by atoms with Crippen molar-refractivity contribution in [3.63, 3.8) is 0 Å². The first-order valence-corrected chi connectivity index (χ1v) is 6.13. The molecule has 1 aliphatic heterocycles. The second kappa shape index (κ2) is 4.43. The maximum absolute atomic E-state index is 5.72. The molecule has 0 radical (unpaired) electrons. The quantitative estimate of drug-likeness (QED) is 0.770. The molecule has 1 fully saturated rings. The van der Waals surface area contributed by atoms with Crippen molar-refractivity contribution >= 4 is 11.3 Å². The molecule has 2 nitrogen and oxygen atoms in total. The van der Waals surface area contributed by atoms with Crippen molar-refractivity contribution in [1.29, 1.82) is 0 Å². The van der Waals surface area contributed by atoms with E-state index >= 15 is 0 Å². The van der Waals surface area contributed by atoms with Gasteiger partial charge >= 0.3 is 0 Å². The van der Waals surface area contributed by atoms with E-state index in [0.29, 0.717) is 12.2 Å². The van der Waals surface area contributed by atoms with Gasteiger partial charge in [-0.3, -0.25) is 0 Å². The van der Waals surface area contributed by atoms with Crippen LogP contribution < -0.4 is 4.90 Å². The van der Waals surface area contributed by atoms with Crippen LogP contribution in [0.25, 0.3) is 0 Å². The van der Waals surface area contributed by atoms with E-state index < -0.39 is 0 Å². The van der Waals surface area contributed by atoms with Gasteiger partial charge in [0.05, 0.1) is 4.88 Å². The van der Waals surface area contributed by atoms with E-state index in [9.17, 15) is 0 Å². The van der Waals surface area contributed by atoms with E-state index in [1.54, 1.807) is 4.90 Å². The van der Waals surface area contributed by atoms with Crippen LogP contribution in [0.2, 0.25) is 0 Å². The van der Waals surface area contributed by atoms with Crippen LogP contribution in [0.5, 0.6) is 0 Å². The van der Waals surface area contributed by atoms with Crippen LogP contribution >= 0.6 is 11.3 Å². The predicted molar refractivity (Wildman–Crippen MR) is 58.7 cm³/mol. The molecule has 3 heteroatoms. The minimum atomic E-state index is 0.411. The van der Waals surface area contributed by atoms with Gasteiger partial charge in [-0.15, -0.1) is 11.3 Å². The third-order valence-electron chi connectivity index (χ3n) is 2.62. The molecule has 0 saturated carbocycles. The molecular weight excluding hydrogens is 194 g/mol. The zero-order valence-electron chi connectivity index (χ0n) is 8.82. The van der Waals surface area contributed by atoms with Crippen molar-refractivity contribution in [3.05, 3.63) is 22.4 Å². The molecule has 2 heterocycles. The summed E-state index contributed by atoms with van der Waals surface area (Å²) in [7, 11) is 0. The zero-order chi connectivity index (χ0) is 9.97. The summed E-state index contributed by atoms with van der Waals surface area (Å²) in [5.41, 5.74) is 0. The lowest BCUT2D eigenvalue weighted by Crippen LogP contribution is -3.14. The summed E-state index contributed by atoms with van der Waals surface area (Å²) in [5.74, 6) is 0. The Bertz CT molecular complexity index is 263. The van der Waals surface area contributed by atoms with E-state index in [-0.39, 0.29) is 0 Å². The molecule has 0 aromatic carbocycles. The van der Waals surface area contributed by atoms with E-state index in [4.69, 9.17) is 4.74 Å². The highest BCUT2D eigenvalue weighted by Gasteiger charge is 2.25. The molecule has 0 unspecified atom stereocenters. The van der Waals surface area contributed by atoms with Gasteiger partial charge in [-0.05, 0) is 25.3 Å². The average Bonchev–Trinajstić information content (AvgIpc) is 2.54. The number of thiophene rings is 1. The van der Waals surface area contributed by atoms with E-state index in [2.05, 4.69) is 31.4 Å². The van der Waals surface area contributed by atoms with Crippen molar-refractivity contribution in [3.8, 4) is 0 Å². The van der Waals surface area contributed by atoms with Crippen LogP contribution in [0.4, 0.5) is 0 Å². The van der Waals surface area contributed by atoms with Gasteiger partial charge in [0.25, 0.3) is 0 Å². The van der Waals surface area contributed by atoms with Crippen molar-refractivity contribution < 1.29 is 9.64 Å². The summed E-state index contributed by atoms with van der Waals surface area (Å²) < 4.78 is 5.72. The monoisotopic (exact) mass is 212 g/mol. The van der Waals surface area contributed by atoms with Crippen LogP contribution in [-0.4, -0.2) is 25.3 Å². The van der Waals surface area contributed by atoms with Gasteiger partial charge in [-0.1, -0.05) is 6.07 Å². The maximum atomic E-state index is 5.72. The van der Waals surface area contributed by atoms with Crippen molar-refractivity contribution in [2.45, 2.75) is 32.6 Å². The second-order valence-corrected chi connectivity index (χ2v) is 5.20. The molecule has 0 amide bonds. The molecule has 2 atom stereocenters. The minimum absolute atomic E-state index is 0.411. The Morgan fingerprint density at radius 3 is 2.71 bits per heavy atom. The Balaban J connectivity index is 1.91. The first-order chi connectivity index (χ1) is 6.74. The Hall–Kier alpha value is -0.380. The van der Waals surface area contributed by atoms with Crippen LogP contribution in [0, 0.1) is 0 Å². The minimum Gasteiger partial charge on any atom is -0.364 e. The summed E-state index contributed by atoms with van der Waals surface area (Å²) in [6, 6.07) is 4.36. The molecular formula is C11H18NOS+. The molecule has 2 rings (SSSR count). The molecule has 0 spiro atoms. The maximum Gasteiger partial charge on any atom is 0.112 e. The highest BCUT2D eigenvalue weighted by molar-refractivity contribution is 7.09. The predicted octanol–water partition coefficient (Wildman–Crippen LogP) is 0.940. The Morgan fingerprint density at radius 2 is 2.14 bits per heavy atom. The van der Waals surface area contributed by atoms with Gasteiger partial charge in [0.1, 0.15) is 31.8 Å². The van der Waals surface area contributed by atoms with Crippen LogP contribution in [0.15, 0.2) is 17.5 Å². The van der Waals surface area contributed by atoms with Gasteiger partial charge in [0.15, 0.2) is 0 Å². The normalized spacial score (nSPS) is 33.1. The number of hydrogen-bond donors (Lipinski definition) is 1. The standard InChI is InChI=1S/C11H17NOS/c1-9-6-12(7-10(2)13-9)8-11-4-3-5-14-11/h3-5,9-10H,6-8H2,1-2H3/p+1/t9-,10-/m0/s1. The number of rotatable bonds is 2. The van der Waals surface area contributed by atoms with Crippen molar-refractivity contribution in [2.24, 2.45) is 0 Å². The van der Waals surface area contributed by atoms with Crippen LogP contribution in [0.3, 0.4) is 0 Å².